The molecule has 1 aliphatic rings. The normalized spacial score (nSPS) is 22.1. The van der Waals surface area contributed by atoms with Gasteiger partial charge < -0.3 is 0 Å². The summed E-state index contributed by atoms with van der Waals surface area (Å²) in [4.78, 5) is 0. The zero-order valence-corrected chi connectivity index (χ0v) is 12.1. The van der Waals surface area contributed by atoms with Gasteiger partial charge in [-0.05, 0) is 0 Å². The number of halogens is 4. The molecule has 0 aliphatic heterocycles. The summed E-state index contributed by atoms with van der Waals surface area (Å²) in [5.41, 5.74) is -1.27. The van der Waals surface area contributed by atoms with Gasteiger partial charge in [0.2, 0.25) is 0 Å². The maximum atomic E-state index is 12.4. The minimum atomic E-state index is -3.94. The third-order valence-corrected chi connectivity index (χ3v) is 4.65. The molecule has 1 aliphatic carbocycles. The summed E-state index contributed by atoms with van der Waals surface area (Å²) in [6, 6.07) is 0. The first kappa shape index (κ1) is 13.1. The van der Waals surface area contributed by atoms with Crippen LogP contribution in [-0.2, 0) is 18.3 Å². The predicted octanol–water partition coefficient (Wildman–Crippen LogP) is 3.69. The first-order valence-corrected chi connectivity index (χ1v) is 5.98. The molecule has 12 heavy (non-hydrogen) atoms. The van der Waals surface area contributed by atoms with Crippen LogP contribution in [0.2, 0.25) is 5.02 Å². The molecule has 0 N–H and O–H groups in total. The Hall–Kier alpha value is 1.14. The summed E-state index contributed by atoms with van der Waals surface area (Å²) in [6.45, 7) is 0. The fourth-order valence-electron chi connectivity index (χ4n) is 1.73. The van der Waals surface area contributed by atoms with Gasteiger partial charge in [-0.2, -0.15) is 0 Å². The third-order valence-electron chi connectivity index (χ3n) is 2.64. The van der Waals surface area contributed by atoms with Crippen LogP contribution in [-0.4, -0.2) is 6.18 Å². The molecule has 0 heterocycles. The summed E-state index contributed by atoms with van der Waals surface area (Å²) in [6.07, 6.45) is -1.67. The van der Waals surface area contributed by atoms with Gasteiger partial charge in [0.1, 0.15) is 0 Å². The van der Waals surface area contributed by atoms with Gasteiger partial charge in [-0.25, -0.2) is 0 Å². The summed E-state index contributed by atoms with van der Waals surface area (Å²) < 4.78 is 37.3. The summed E-state index contributed by atoms with van der Waals surface area (Å²) in [5, 5.41) is 0.372. The molecule has 1 saturated carbocycles. The molecule has 0 bridgehead atoms. The van der Waals surface area contributed by atoms with E-state index in [1.54, 1.807) is 0 Å². The van der Waals surface area contributed by atoms with Crippen molar-refractivity contribution in [1.29, 1.82) is 0 Å². The molecule has 0 amide bonds. The molecule has 0 aromatic rings. The Bertz CT molecular complexity index is 140. The second-order valence-electron chi connectivity index (χ2n) is 3.24. The van der Waals surface area contributed by atoms with E-state index in [-0.39, 0.29) is 24.0 Å². The largest absolute Gasteiger partial charge is 0.107 e. The molecule has 0 atom stereocenters. The zero-order chi connectivity index (χ0) is 8.54. The van der Waals surface area contributed by atoms with Crippen LogP contribution in [0.25, 0.3) is 0 Å². The summed E-state index contributed by atoms with van der Waals surface area (Å²) in [5.74, 6) is 0. The van der Waals surface area contributed by atoms with Gasteiger partial charge in [-0.15, -0.1) is 24.0 Å². The fourth-order valence-corrected chi connectivity index (χ4v) is 3.37. The van der Waals surface area contributed by atoms with Gasteiger partial charge in [0, 0.05) is 0 Å². The standard InChI is InChI=1S/C7H10F3.HI.Zn/c1-6(7(8,9)10)4-2-3-5-6;;/h1-5H2;1H;. The molecule has 0 aromatic heterocycles. The molecule has 69 valence electrons. The van der Waals surface area contributed by atoms with E-state index >= 15 is 0 Å². The van der Waals surface area contributed by atoms with Crippen LogP contribution in [0, 0.1) is 5.41 Å². The van der Waals surface area contributed by atoms with E-state index in [1.165, 1.54) is 0 Å². The van der Waals surface area contributed by atoms with E-state index < -0.39 is 11.6 Å². The van der Waals surface area contributed by atoms with Crippen molar-refractivity contribution in [2.24, 2.45) is 5.41 Å². The maximum absolute atomic E-state index is 12.4. The smallest absolute Gasteiger partial charge is 0.107 e. The van der Waals surface area contributed by atoms with E-state index in [1.807, 2.05) is 0 Å². The monoisotopic (exact) mass is 343 g/mol. The van der Waals surface area contributed by atoms with Gasteiger partial charge in [-0.1, -0.05) is 0 Å². The van der Waals surface area contributed by atoms with Crippen molar-refractivity contribution in [3.8, 4) is 0 Å². The SMILES string of the molecule is FC(F)(F)C1([CH2][Zn])CCCC1.I. The van der Waals surface area contributed by atoms with Crippen molar-refractivity contribution in [2.75, 3.05) is 0 Å². The molecule has 5 heteroatoms. The maximum Gasteiger partial charge on any atom is -0.107 e. The van der Waals surface area contributed by atoms with Crippen molar-refractivity contribution in [1.82, 2.24) is 0 Å². The molecule has 0 radical (unpaired) electrons. The fraction of sp³-hybridized carbons (Fsp3) is 1.00. The molecular formula is C7H11F3IZn. The number of hydrogen-bond acceptors (Lipinski definition) is 0. The topological polar surface area (TPSA) is 0 Å². The predicted molar refractivity (Wildman–Crippen MR) is 47.2 cm³/mol. The van der Waals surface area contributed by atoms with Gasteiger partial charge >= 0.3 is 73.8 Å². The molecule has 0 saturated heterocycles. The average molecular weight is 344 g/mol. The second-order valence-corrected chi connectivity index (χ2v) is 4.28. The Morgan fingerprint density at radius 3 is 1.75 bits per heavy atom. The Labute approximate surface area is 97.4 Å². The van der Waals surface area contributed by atoms with Crippen LogP contribution >= 0.6 is 24.0 Å². The number of hydrogen-bond donors (Lipinski definition) is 0. The Morgan fingerprint density at radius 1 is 1.17 bits per heavy atom. The second kappa shape index (κ2) is 4.58. The van der Waals surface area contributed by atoms with Gasteiger partial charge in [0.05, 0.1) is 0 Å². The van der Waals surface area contributed by atoms with E-state index in [0.29, 0.717) is 17.9 Å². The molecule has 0 spiro atoms. The summed E-state index contributed by atoms with van der Waals surface area (Å²) >= 11 is 0.763. The van der Waals surface area contributed by atoms with Gasteiger partial charge in [0.15, 0.2) is 0 Å². The van der Waals surface area contributed by atoms with Crippen LogP contribution < -0.4 is 0 Å². The Morgan fingerprint density at radius 2 is 1.58 bits per heavy atom. The minimum absolute atomic E-state index is 0. The Balaban J connectivity index is 0.00000121. The first-order chi connectivity index (χ1) is 5.02. The molecule has 1 rings (SSSR count). The van der Waals surface area contributed by atoms with Gasteiger partial charge in [0.25, 0.3) is 0 Å². The summed E-state index contributed by atoms with van der Waals surface area (Å²) in [7, 11) is 0. The van der Waals surface area contributed by atoms with E-state index in [9.17, 15) is 13.2 Å². The van der Waals surface area contributed by atoms with Crippen molar-refractivity contribution in [3.63, 3.8) is 0 Å². The molecule has 0 unspecified atom stereocenters. The number of rotatable bonds is 1. The first-order valence-electron chi connectivity index (χ1n) is 3.88. The quantitative estimate of drug-likeness (QED) is 0.503. The van der Waals surface area contributed by atoms with E-state index in [2.05, 4.69) is 0 Å². The molecular weight excluding hydrogens is 333 g/mol. The van der Waals surface area contributed by atoms with Crippen molar-refractivity contribution in [3.05, 3.63) is 0 Å². The van der Waals surface area contributed by atoms with E-state index in [0.717, 1.165) is 31.1 Å². The van der Waals surface area contributed by atoms with Crippen molar-refractivity contribution >= 4 is 24.0 Å². The van der Waals surface area contributed by atoms with Crippen LogP contribution in [0.3, 0.4) is 0 Å². The Kier molecular flexibility index (Phi) is 5.02. The third kappa shape index (κ3) is 2.34. The van der Waals surface area contributed by atoms with Crippen LogP contribution in [0.15, 0.2) is 0 Å². The van der Waals surface area contributed by atoms with Gasteiger partial charge in [-0.3, -0.25) is 0 Å². The van der Waals surface area contributed by atoms with E-state index in [4.69, 9.17) is 0 Å². The van der Waals surface area contributed by atoms with Crippen LogP contribution in [0.1, 0.15) is 25.7 Å². The van der Waals surface area contributed by atoms with Crippen LogP contribution in [0.4, 0.5) is 13.2 Å². The molecule has 0 nitrogen and oxygen atoms in total. The van der Waals surface area contributed by atoms with Crippen molar-refractivity contribution < 1.29 is 31.5 Å². The average Bonchev–Trinajstić information content (AvgIpc) is 2.33. The molecule has 1 fully saturated rings. The zero-order valence-electron chi connectivity index (χ0n) is 6.78. The molecule has 0 aromatic carbocycles. The van der Waals surface area contributed by atoms with Crippen molar-refractivity contribution in [2.45, 2.75) is 36.9 Å². The van der Waals surface area contributed by atoms with Crippen LogP contribution in [0.5, 0.6) is 0 Å². The minimum Gasteiger partial charge on any atom is -0.107 e. The number of alkyl halides is 3.